The van der Waals surface area contributed by atoms with Crippen LogP contribution >= 0.6 is 11.3 Å². The van der Waals surface area contributed by atoms with Crippen molar-refractivity contribution in [1.82, 2.24) is 0 Å². The van der Waals surface area contributed by atoms with Gasteiger partial charge in [0.25, 0.3) is 0 Å². The second kappa shape index (κ2) is 16.5. The van der Waals surface area contributed by atoms with E-state index < -0.39 is 0 Å². The van der Waals surface area contributed by atoms with Crippen LogP contribution in [0.15, 0.2) is 249 Å². The highest BCUT2D eigenvalue weighted by molar-refractivity contribution is 7.25. The molecule has 0 spiro atoms. The Balaban J connectivity index is 1.11. The summed E-state index contributed by atoms with van der Waals surface area (Å²) in [6.45, 7) is 0. The molecule has 0 saturated heterocycles. The van der Waals surface area contributed by atoms with Gasteiger partial charge in [0, 0.05) is 43.0 Å². The quantitative estimate of drug-likeness (QED) is 0.140. The summed E-state index contributed by atoms with van der Waals surface area (Å²) >= 11 is 1.87. The van der Waals surface area contributed by atoms with Gasteiger partial charge in [-0.2, -0.15) is 0 Å². The summed E-state index contributed by atoms with van der Waals surface area (Å²) in [7, 11) is 0. The minimum Gasteiger partial charge on any atom is -0.333 e. The molecule has 0 N–H and O–H groups in total. The molecule has 0 radical (unpaired) electrons. The molecule has 2 unspecified atom stereocenters. The van der Waals surface area contributed by atoms with E-state index in [1.165, 1.54) is 81.4 Å². The van der Waals surface area contributed by atoms with Crippen LogP contribution in [0.1, 0.15) is 17.0 Å². The molecule has 1 heterocycles. The molecule has 1 aliphatic rings. The maximum absolute atomic E-state index is 2.60. The van der Waals surface area contributed by atoms with Gasteiger partial charge in [-0.15, -0.1) is 11.3 Å². The topological polar surface area (TPSA) is 3.24 Å². The smallest absolute Gasteiger partial charge is 0.0635 e. The number of nitrogens with zero attached hydrogens (tertiary/aromatic N) is 1. The summed E-state index contributed by atoms with van der Waals surface area (Å²) in [5, 5.41) is 2.64. The van der Waals surface area contributed by atoms with Crippen molar-refractivity contribution in [2.24, 2.45) is 0 Å². The molecular formula is C60H43NS. The molecule has 294 valence electrons. The van der Waals surface area contributed by atoms with Gasteiger partial charge in [-0.1, -0.05) is 218 Å². The Morgan fingerprint density at radius 3 is 1.65 bits per heavy atom. The van der Waals surface area contributed by atoms with Crippen molar-refractivity contribution in [3.05, 3.63) is 260 Å². The van der Waals surface area contributed by atoms with Crippen molar-refractivity contribution < 1.29 is 0 Å². The van der Waals surface area contributed by atoms with Gasteiger partial charge in [0.1, 0.15) is 0 Å². The lowest BCUT2D eigenvalue weighted by Gasteiger charge is -2.41. The third-order valence-electron chi connectivity index (χ3n) is 12.4. The zero-order chi connectivity index (χ0) is 41.2. The largest absolute Gasteiger partial charge is 0.333 e. The molecule has 0 bridgehead atoms. The van der Waals surface area contributed by atoms with Crippen LogP contribution in [0.5, 0.6) is 0 Å². The summed E-state index contributed by atoms with van der Waals surface area (Å²) in [5.41, 5.74) is 15.8. The van der Waals surface area contributed by atoms with Crippen LogP contribution < -0.4 is 4.90 Å². The van der Waals surface area contributed by atoms with Crippen LogP contribution in [-0.4, -0.2) is 6.04 Å². The van der Waals surface area contributed by atoms with Crippen molar-refractivity contribution in [1.29, 1.82) is 0 Å². The maximum Gasteiger partial charge on any atom is 0.0635 e. The van der Waals surface area contributed by atoms with E-state index in [4.69, 9.17) is 0 Å². The fourth-order valence-corrected chi connectivity index (χ4v) is 10.6. The Bertz CT molecular complexity index is 3220. The highest BCUT2D eigenvalue weighted by atomic mass is 32.1. The molecule has 1 aromatic heterocycles. The Labute approximate surface area is 367 Å². The SMILES string of the molecule is C1=CC(N(c2ccc(-c3cccc4sc5ccccc5c34)cc2)c2ccccc2-c2ccc(-c3ccccc3)cc2)C(c2ccccc2-c2ccccc2)C(c2ccccc2)=C1. The van der Waals surface area contributed by atoms with E-state index in [1.54, 1.807) is 0 Å². The summed E-state index contributed by atoms with van der Waals surface area (Å²) in [6, 6.07) is 84.3. The number of para-hydroxylation sites is 1. The molecule has 9 aromatic carbocycles. The number of benzene rings is 9. The summed E-state index contributed by atoms with van der Waals surface area (Å²) in [6.07, 6.45) is 7.02. The monoisotopic (exact) mass is 809 g/mol. The first-order valence-electron chi connectivity index (χ1n) is 21.4. The van der Waals surface area contributed by atoms with Crippen LogP contribution in [0.25, 0.3) is 70.3 Å². The Kier molecular flexibility index (Phi) is 9.97. The lowest BCUT2D eigenvalue weighted by molar-refractivity contribution is 0.705. The van der Waals surface area contributed by atoms with E-state index in [1.807, 2.05) is 11.3 Å². The van der Waals surface area contributed by atoms with Gasteiger partial charge in [-0.05, 0) is 86.0 Å². The van der Waals surface area contributed by atoms with Crippen molar-refractivity contribution in [3.63, 3.8) is 0 Å². The van der Waals surface area contributed by atoms with Gasteiger partial charge in [-0.25, -0.2) is 0 Å². The fraction of sp³-hybridized carbons (Fsp3) is 0.0333. The molecule has 2 atom stereocenters. The fourth-order valence-electron chi connectivity index (χ4n) is 9.50. The Hall–Kier alpha value is -7.52. The van der Waals surface area contributed by atoms with Crippen LogP contribution in [0.3, 0.4) is 0 Å². The maximum atomic E-state index is 2.60. The highest BCUT2D eigenvalue weighted by Gasteiger charge is 2.35. The first kappa shape index (κ1) is 37.5. The highest BCUT2D eigenvalue weighted by Crippen LogP contribution is 2.49. The second-order valence-corrected chi connectivity index (χ2v) is 17.0. The average Bonchev–Trinajstić information content (AvgIpc) is 3.75. The predicted molar refractivity (Wildman–Crippen MR) is 266 cm³/mol. The molecule has 62 heavy (non-hydrogen) atoms. The van der Waals surface area contributed by atoms with Crippen LogP contribution in [-0.2, 0) is 0 Å². The Morgan fingerprint density at radius 1 is 0.371 bits per heavy atom. The van der Waals surface area contributed by atoms with Crippen LogP contribution in [0.4, 0.5) is 11.4 Å². The number of rotatable bonds is 9. The van der Waals surface area contributed by atoms with Gasteiger partial charge in [-0.3, -0.25) is 0 Å². The standard InChI is InChI=1S/C60H43NS/c1-4-18-42(19-5-1)43-34-36-46(37-35-43)50-25-12-14-30-55(50)61(48-40-38-47(39-41-48)52-29-17-33-58-60(52)54-27-13-15-32-57(54)62-58)56-31-16-28-51(45-22-8-3-9-23-45)59(56)53-26-11-10-24-49(53)44-20-6-2-7-21-44/h1-41,56,59H. The van der Waals surface area contributed by atoms with E-state index >= 15 is 0 Å². The van der Waals surface area contributed by atoms with Crippen molar-refractivity contribution in [2.45, 2.75) is 12.0 Å². The number of anilines is 2. The van der Waals surface area contributed by atoms with Gasteiger partial charge >= 0.3 is 0 Å². The molecule has 0 saturated carbocycles. The molecule has 0 aliphatic heterocycles. The molecule has 1 aliphatic carbocycles. The lowest BCUT2D eigenvalue weighted by Crippen LogP contribution is -2.37. The lowest BCUT2D eigenvalue weighted by atomic mass is 9.75. The van der Waals surface area contributed by atoms with E-state index in [0.29, 0.717) is 0 Å². The van der Waals surface area contributed by atoms with Crippen LogP contribution in [0.2, 0.25) is 0 Å². The van der Waals surface area contributed by atoms with E-state index in [0.717, 1.165) is 11.4 Å². The average molecular weight is 810 g/mol. The van der Waals surface area contributed by atoms with E-state index in [-0.39, 0.29) is 12.0 Å². The molecule has 2 heteroatoms. The Morgan fingerprint density at radius 2 is 0.887 bits per heavy atom. The normalized spacial score (nSPS) is 14.8. The number of allylic oxidation sites excluding steroid dienone is 2. The number of hydrogen-bond acceptors (Lipinski definition) is 2. The van der Waals surface area contributed by atoms with Gasteiger partial charge < -0.3 is 4.90 Å². The number of thiophene rings is 1. The number of hydrogen-bond donors (Lipinski definition) is 0. The molecule has 11 rings (SSSR count). The summed E-state index contributed by atoms with van der Waals surface area (Å²) in [5.74, 6) is -0.0158. The zero-order valence-corrected chi connectivity index (χ0v) is 35.0. The molecule has 10 aromatic rings. The predicted octanol–water partition coefficient (Wildman–Crippen LogP) is 16.7. The zero-order valence-electron chi connectivity index (χ0n) is 34.2. The summed E-state index contributed by atoms with van der Waals surface area (Å²) < 4.78 is 2.63. The third kappa shape index (κ3) is 6.95. The summed E-state index contributed by atoms with van der Waals surface area (Å²) in [4.78, 5) is 2.60. The third-order valence-corrected chi connectivity index (χ3v) is 13.5. The number of fused-ring (bicyclic) bond motifs is 3. The molecule has 0 amide bonds. The van der Waals surface area contributed by atoms with Crippen molar-refractivity contribution in [2.75, 3.05) is 4.90 Å². The van der Waals surface area contributed by atoms with Crippen LogP contribution in [0, 0.1) is 0 Å². The van der Waals surface area contributed by atoms with Gasteiger partial charge in [0.15, 0.2) is 0 Å². The first-order chi connectivity index (χ1) is 30.8. The van der Waals surface area contributed by atoms with Gasteiger partial charge in [0.05, 0.1) is 6.04 Å². The van der Waals surface area contributed by atoms with Crippen molar-refractivity contribution >= 4 is 48.5 Å². The minimum atomic E-state index is -0.0834. The minimum absolute atomic E-state index is 0.0158. The van der Waals surface area contributed by atoms with E-state index in [2.05, 4.69) is 254 Å². The molecular weight excluding hydrogens is 767 g/mol. The van der Waals surface area contributed by atoms with Crippen molar-refractivity contribution in [3.8, 4) is 44.5 Å². The second-order valence-electron chi connectivity index (χ2n) is 15.9. The van der Waals surface area contributed by atoms with Gasteiger partial charge in [0.2, 0.25) is 0 Å². The molecule has 1 nitrogen and oxygen atoms in total. The molecule has 0 fully saturated rings. The van der Waals surface area contributed by atoms with E-state index in [9.17, 15) is 0 Å². The first-order valence-corrected chi connectivity index (χ1v) is 22.2.